The van der Waals surface area contributed by atoms with Crippen molar-refractivity contribution in [1.29, 1.82) is 0 Å². The summed E-state index contributed by atoms with van der Waals surface area (Å²) in [6.45, 7) is 8.42. The Morgan fingerprint density at radius 3 is 2.36 bits per heavy atom. The highest BCUT2D eigenvalue weighted by Gasteiger charge is 2.34. The molecule has 2 nitrogen and oxygen atoms in total. The van der Waals surface area contributed by atoms with Crippen molar-refractivity contribution in [3.8, 4) is 0 Å². The normalized spacial score (nSPS) is 23.1. The van der Waals surface area contributed by atoms with E-state index in [1.807, 2.05) is 0 Å². The van der Waals surface area contributed by atoms with Crippen molar-refractivity contribution < 1.29 is 5.11 Å². The molecule has 2 N–H and O–H groups in total. The first-order chi connectivity index (χ1) is 6.73. The zero-order chi connectivity index (χ0) is 10.4. The average molecular weight is 195 g/mol. The first-order valence-corrected chi connectivity index (χ1v) is 5.40. The first kappa shape index (κ1) is 11.5. The molecule has 1 aliphatic rings. The minimum Gasteiger partial charge on any atom is -0.388 e. The molecule has 0 bridgehead atoms. The molecule has 1 fully saturated rings. The maximum Gasteiger partial charge on any atom is 0.0868 e. The van der Waals surface area contributed by atoms with Crippen molar-refractivity contribution in [2.24, 2.45) is 0 Å². The van der Waals surface area contributed by atoms with Crippen molar-refractivity contribution >= 4 is 0 Å². The van der Waals surface area contributed by atoms with E-state index in [1.54, 1.807) is 12.2 Å². The predicted molar refractivity (Wildman–Crippen MR) is 60.2 cm³/mol. The maximum atomic E-state index is 10.4. The molecule has 0 aliphatic carbocycles. The third kappa shape index (κ3) is 2.69. The smallest absolute Gasteiger partial charge is 0.0868 e. The molecule has 2 heteroatoms. The lowest BCUT2D eigenvalue weighted by atomic mass is 9.83. The summed E-state index contributed by atoms with van der Waals surface area (Å²) in [5.41, 5.74) is -0.677. The van der Waals surface area contributed by atoms with E-state index < -0.39 is 5.60 Å². The van der Waals surface area contributed by atoms with E-state index >= 15 is 0 Å². The van der Waals surface area contributed by atoms with Gasteiger partial charge < -0.3 is 10.4 Å². The van der Waals surface area contributed by atoms with Crippen LogP contribution in [0.15, 0.2) is 25.3 Å². The summed E-state index contributed by atoms with van der Waals surface area (Å²) < 4.78 is 0. The quantitative estimate of drug-likeness (QED) is 0.658. The number of rotatable bonds is 5. The molecular formula is C12H21NO. The fraction of sp³-hybridized carbons (Fsp3) is 0.667. The summed E-state index contributed by atoms with van der Waals surface area (Å²) in [4.78, 5) is 0. The minimum absolute atomic E-state index is 0.201. The van der Waals surface area contributed by atoms with Crippen LogP contribution in [0.3, 0.4) is 0 Å². The highest BCUT2D eigenvalue weighted by Crippen LogP contribution is 2.26. The lowest BCUT2D eigenvalue weighted by Gasteiger charge is -2.38. The fourth-order valence-corrected chi connectivity index (χ4v) is 2.18. The van der Waals surface area contributed by atoms with Crippen LogP contribution in [0.25, 0.3) is 0 Å². The Morgan fingerprint density at radius 1 is 1.29 bits per heavy atom. The molecule has 0 aromatic carbocycles. The van der Waals surface area contributed by atoms with Crippen molar-refractivity contribution in [3.05, 3.63) is 25.3 Å². The van der Waals surface area contributed by atoms with Crippen molar-refractivity contribution in [2.45, 2.75) is 43.7 Å². The third-order valence-corrected chi connectivity index (χ3v) is 2.95. The van der Waals surface area contributed by atoms with Crippen LogP contribution >= 0.6 is 0 Å². The van der Waals surface area contributed by atoms with Crippen LogP contribution in [0, 0.1) is 0 Å². The summed E-state index contributed by atoms with van der Waals surface area (Å²) in [6, 6.07) is 0.201. The Labute approximate surface area is 86.7 Å². The molecule has 0 aromatic heterocycles. The van der Waals surface area contributed by atoms with Gasteiger partial charge in [-0.15, -0.1) is 13.2 Å². The monoisotopic (exact) mass is 195 g/mol. The average Bonchev–Trinajstić information content (AvgIpc) is 2.20. The minimum atomic E-state index is -0.677. The molecule has 0 spiro atoms. The third-order valence-electron chi connectivity index (χ3n) is 2.95. The fourth-order valence-electron chi connectivity index (χ4n) is 2.18. The summed E-state index contributed by atoms with van der Waals surface area (Å²) in [7, 11) is 0. The van der Waals surface area contributed by atoms with E-state index in [0.717, 1.165) is 13.0 Å². The van der Waals surface area contributed by atoms with Gasteiger partial charge in [-0.2, -0.15) is 0 Å². The Morgan fingerprint density at radius 2 is 1.93 bits per heavy atom. The van der Waals surface area contributed by atoms with Crippen LogP contribution in [0.5, 0.6) is 0 Å². The summed E-state index contributed by atoms with van der Waals surface area (Å²) in [5, 5.41) is 13.8. The van der Waals surface area contributed by atoms with E-state index in [2.05, 4.69) is 18.5 Å². The van der Waals surface area contributed by atoms with Gasteiger partial charge in [0.1, 0.15) is 0 Å². The second-order valence-corrected chi connectivity index (χ2v) is 4.09. The molecule has 1 saturated heterocycles. The highest BCUT2D eigenvalue weighted by atomic mass is 16.3. The molecule has 80 valence electrons. The van der Waals surface area contributed by atoms with Gasteiger partial charge in [-0.1, -0.05) is 18.6 Å². The van der Waals surface area contributed by atoms with Crippen LogP contribution < -0.4 is 5.32 Å². The molecular weight excluding hydrogens is 174 g/mol. The van der Waals surface area contributed by atoms with E-state index in [9.17, 15) is 5.11 Å². The first-order valence-electron chi connectivity index (χ1n) is 5.40. The Bertz CT molecular complexity index is 184. The van der Waals surface area contributed by atoms with Crippen molar-refractivity contribution in [3.63, 3.8) is 0 Å². The number of hydrogen-bond donors (Lipinski definition) is 2. The van der Waals surface area contributed by atoms with E-state index in [-0.39, 0.29) is 6.04 Å². The van der Waals surface area contributed by atoms with Crippen LogP contribution in [-0.4, -0.2) is 23.3 Å². The highest BCUT2D eigenvalue weighted by molar-refractivity contribution is 5.00. The van der Waals surface area contributed by atoms with Gasteiger partial charge in [0.15, 0.2) is 0 Å². The second kappa shape index (κ2) is 5.32. The molecule has 0 saturated carbocycles. The van der Waals surface area contributed by atoms with Crippen LogP contribution in [0.4, 0.5) is 0 Å². The van der Waals surface area contributed by atoms with Gasteiger partial charge in [-0.25, -0.2) is 0 Å². The molecule has 0 radical (unpaired) electrons. The summed E-state index contributed by atoms with van der Waals surface area (Å²) in [6.07, 6.45) is 8.33. The topological polar surface area (TPSA) is 32.3 Å². The van der Waals surface area contributed by atoms with Gasteiger partial charge in [-0.3, -0.25) is 0 Å². The Balaban J connectivity index is 2.62. The molecule has 1 aliphatic heterocycles. The Hall–Kier alpha value is -0.600. The lowest BCUT2D eigenvalue weighted by molar-refractivity contribution is -0.00196. The second-order valence-electron chi connectivity index (χ2n) is 4.09. The Kier molecular flexibility index (Phi) is 4.36. The van der Waals surface area contributed by atoms with Gasteiger partial charge in [-0.05, 0) is 32.2 Å². The molecule has 14 heavy (non-hydrogen) atoms. The summed E-state index contributed by atoms with van der Waals surface area (Å²) in [5.74, 6) is 0. The zero-order valence-electron chi connectivity index (χ0n) is 8.84. The van der Waals surface area contributed by atoms with Crippen LogP contribution in [0.1, 0.15) is 32.1 Å². The SMILES string of the molecule is C=CCC(O)(CC=C)C1CCCCN1. The molecule has 1 unspecified atom stereocenters. The summed E-state index contributed by atoms with van der Waals surface area (Å²) >= 11 is 0. The predicted octanol–water partition coefficient (Wildman–Crippen LogP) is 2.01. The molecule has 1 rings (SSSR count). The van der Waals surface area contributed by atoms with Crippen molar-refractivity contribution in [1.82, 2.24) is 5.32 Å². The van der Waals surface area contributed by atoms with Crippen molar-refractivity contribution in [2.75, 3.05) is 6.54 Å². The molecule has 0 amide bonds. The van der Waals surface area contributed by atoms with E-state index in [0.29, 0.717) is 12.8 Å². The number of hydrogen-bond acceptors (Lipinski definition) is 2. The van der Waals surface area contributed by atoms with Gasteiger partial charge in [0, 0.05) is 6.04 Å². The number of nitrogens with one attached hydrogen (secondary N) is 1. The standard InChI is InChI=1S/C12H21NO/c1-3-8-12(14,9-4-2)11-7-5-6-10-13-11/h3-4,11,13-14H,1-2,5-10H2. The van der Waals surface area contributed by atoms with Gasteiger partial charge in [0.25, 0.3) is 0 Å². The van der Waals surface area contributed by atoms with Gasteiger partial charge in [0.05, 0.1) is 5.60 Å². The molecule has 1 atom stereocenters. The number of piperidine rings is 1. The number of aliphatic hydroxyl groups is 1. The largest absolute Gasteiger partial charge is 0.388 e. The zero-order valence-corrected chi connectivity index (χ0v) is 8.84. The van der Waals surface area contributed by atoms with E-state index in [1.165, 1.54) is 12.8 Å². The van der Waals surface area contributed by atoms with Gasteiger partial charge >= 0.3 is 0 Å². The molecule has 0 aromatic rings. The van der Waals surface area contributed by atoms with Crippen LogP contribution in [0.2, 0.25) is 0 Å². The molecule has 1 heterocycles. The maximum absolute atomic E-state index is 10.4. The van der Waals surface area contributed by atoms with Gasteiger partial charge in [0.2, 0.25) is 0 Å². The van der Waals surface area contributed by atoms with E-state index in [4.69, 9.17) is 0 Å². The van der Waals surface area contributed by atoms with Crippen LogP contribution in [-0.2, 0) is 0 Å². The lowest BCUT2D eigenvalue weighted by Crippen LogP contribution is -2.52.